The zero-order valence-electron chi connectivity index (χ0n) is 6.40. The largest absolute Gasteiger partial charge is 0.0876 e. The van der Waals surface area contributed by atoms with E-state index in [-0.39, 0.29) is 0 Å². The molecule has 0 saturated heterocycles. The maximum Gasteiger partial charge on any atom is 0.0449 e. The molecule has 1 rings (SSSR count). The molecule has 0 saturated carbocycles. The van der Waals surface area contributed by atoms with Crippen molar-refractivity contribution < 1.29 is 0 Å². The van der Waals surface area contributed by atoms with Crippen LogP contribution in [-0.4, -0.2) is 0 Å². The molecule has 0 heterocycles. The van der Waals surface area contributed by atoms with Crippen molar-refractivity contribution in [2.45, 2.75) is 18.7 Å². The Kier molecular flexibility index (Phi) is 3.41. The van der Waals surface area contributed by atoms with E-state index in [0.29, 0.717) is 0 Å². The van der Waals surface area contributed by atoms with Crippen LogP contribution in [0.4, 0.5) is 0 Å². The topological polar surface area (TPSA) is 0 Å². The van der Waals surface area contributed by atoms with Crippen molar-refractivity contribution in [2.24, 2.45) is 0 Å². The highest BCUT2D eigenvalue weighted by atomic mass is 79.9. The summed E-state index contributed by atoms with van der Waals surface area (Å²) < 4.78 is 0. The number of hydrogen-bond donors (Lipinski definition) is 0. The molecule has 0 radical (unpaired) electrons. The molecule has 0 aliphatic heterocycles. The summed E-state index contributed by atoms with van der Waals surface area (Å²) in [5.41, 5.74) is 2.55. The molecule has 0 aliphatic rings. The Balaban J connectivity index is 3.13. The molecule has 2 heteroatoms. The van der Waals surface area contributed by atoms with Gasteiger partial charge in [-0.1, -0.05) is 46.6 Å². The number of benzene rings is 1. The Morgan fingerprint density at radius 3 is 2.64 bits per heavy atom. The second-order valence-electron chi connectivity index (χ2n) is 2.36. The minimum absolute atomic E-state index is 0.843. The molecule has 1 aromatic rings. The fourth-order valence-electron chi connectivity index (χ4n) is 1.08. The van der Waals surface area contributed by atoms with Crippen LogP contribution in [0.2, 0.25) is 5.02 Å². The lowest BCUT2D eigenvalue weighted by molar-refractivity contribution is 1.10. The van der Waals surface area contributed by atoms with E-state index in [9.17, 15) is 0 Å². The van der Waals surface area contributed by atoms with E-state index in [4.69, 9.17) is 11.6 Å². The summed E-state index contributed by atoms with van der Waals surface area (Å²) in [6.07, 6.45) is 1.04. The molecule has 0 fully saturated rings. The average Bonchev–Trinajstić information content (AvgIpc) is 2.04. The minimum atomic E-state index is 0.843. The second-order valence-corrected chi connectivity index (χ2v) is 3.33. The van der Waals surface area contributed by atoms with Crippen molar-refractivity contribution in [1.82, 2.24) is 0 Å². The molecule has 0 amide bonds. The van der Waals surface area contributed by atoms with Crippen molar-refractivity contribution in [3.8, 4) is 0 Å². The van der Waals surface area contributed by atoms with Crippen molar-refractivity contribution in [1.29, 1.82) is 0 Å². The van der Waals surface area contributed by atoms with Crippen LogP contribution in [0.1, 0.15) is 18.1 Å². The Labute approximate surface area is 80.7 Å². The lowest BCUT2D eigenvalue weighted by Gasteiger charge is -2.05. The third-order valence-corrected chi connectivity index (χ3v) is 2.65. The molecule has 0 aliphatic carbocycles. The first kappa shape index (κ1) is 9.08. The fraction of sp³-hybridized carbons (Fsp3) is 0.333. The predicted molar refractivity (Wildman–Crippen MR) is 53.5 cm³/mol. The van der Waals surface area contributed by atoms with E-state index >= 15 is 0 Å². The van der Waals surface area contributed by atoms with Crippen LogP contribution < -0.4 is 0 Å². The summed E-state index contributed by atoms with van der Waals surface area (Å²) in [5, 5.41) is 1.71. The van der Waals surface area contributed by atoms with E-state index in [0.717, 1.165) is 16.8 Å². The van der Waals surface area contributed by atoms with E-state index in [1.165, 1.54) is 11.1 Å². The van der Waals surface area contributed by atoms with Gasteiger partial charge in [-0.25, -0.2) is 0 Å². The summed E-state index contributed by atoms with van der Waals surface area (Å²) in [5.74, 6) is 0. The van der Waals surface area contributed by atoms with Gasteiger partial charge >= 0.3 is 0 Å². The third kappa shape index (κ3) is 1.97. The first-order valence-electron chi connectivity index (χ1n) is 3.61. The molecule has 0 atom stereocenters. The van der Waals surface area contributed by atoms with Gasteiger partial charge in [0.1, 0.15) is 0 Å². The summed E-state index contributed by atoms with van der Waals surface area (Å²) in [6.45, 7) is 2.14. The highest BCUT2D eigenvalue weighted by molar-refractivity contribution is 9.08. The van der Waals surface area contributed by atoms with E-state index in [1.54, 1.807) is 0 Å². The van der Waals surface area contributed by atoms with Crippen LogP contribution in [0, 0.1) is 0 Å². The first-order chi connectivity index (χ1) is 5.29. The van der Waals surface area contributed by atoms with Crippen molar-refractivity contribution in [2.75, 3.05) is 0 Å². The zero-order valence-corrected chi connectivity index (χ0v) is 8.74. The van der Waals surface area contributed by atoms with Crippen LogP contribution >= 0.6 is 27.5 Å². The second kappa shape index (κ2) is 4.13. The van der Waals surface area contributed by atoms with E-state index in [1.807, 2.05) is 12.1 Å². The van der Waals surface area contributed by atoms with Crippen LogP contribution in [0.15, 0.2) is 18.2 Å². The lowest BCUT2D eigenvalue weighted by atomic mass is 10.1. The predicted octanol–water partition coefficient (Wildman–Crippen LogP) is 3.80. The molecule has 0 aromatic heterocycles. The molecule has 0 bridgehead atoms. The van der Waals surface area contributed by atoms with Gasteiger partial charge in [-0.05, 0) is 23.6 Å². The molecule has 1 aromatic carbocycles. The Bertz CT molecular complexity index is 245. The third-order valence-electron chi connectivity index (χ3n) is 1.73. The van der Waals surface area contributed by atoms with Gasteiger partial charge in [0.15, 0.2) is 0 Å². The van der Waals surface area contributed by atoms with Gasteiger partial charge in [0.25, 0.3) is 0 Å². The van der Waals surface area contributed by atoms with Gasteiger partial charge in [-0.15, -0.1) is 0 Å². The SMILES string of the molecule is CCc1cccc(Cl)c1CBr. The number of hydrogen-bond acceptors (Lipinski definition) is 0. The van der Waals surface area contributed by atoms with Gasteiger partial charge in [-0.3, -0.25) is 0 Å². The number of aryl methyl sites for hydroxylation is 1. The lowest BCUT2D eigenvalue weighted by Crippen LogP contribution is -1.89. The molecule has 11 heavy (non-hydrogen) atoms. The van der Waals surface area contributed by atoms with Crippen LogP contribution in [0.25, 0.3) is 0 Å². The Hall–Kier alpha value is -0.0100. The maximum atomic E-state index is 5.98. The van der Waals surface area contributed by atoms with Crippen molar-refractivity contribution >= 4 is 27.5 Å². The normalized spacial score (nSPS) is 10.1. The number of halogens is 2. The zero-order chi connectivity index (χ0) is 8.27. The standard InChI is InChI=1S/C9H10BrCl/c1-2-7-4-3-5-9(11)8(7)6-10/h3-5H,2,6H2,1H3. The Morgan fingerprint density at radius 1 is 1.45 bits per heavy atom. The van der Waals surface area contributed by atoms with E-state index < -0.39 is 0 Å². The van der Waals surface area contributed by atoms with Crippen LogP contribution in [-0.2, 0) is 11.8 Å². The molecule has 0 N–H and O–H groups in total. The van der Waals surface area contributed by atoms with Crippen molar-refractivity contribution in [3.05, 3.63) is 34.3 Å². The van der Waals surface area contributed by atoms with Gasteiger partial charge in [0.05, 0.1) is 0 Å². The van der Waals surface area contributed by atoms with Crippen molar-refractivity contribution in [3.63, 3.8) is 0 Å². The number of alkyl halides is 1. The fourth-order valence-corrected chi connectivity index (χ4v) is 2.17. The maximum absolute atomic E-state index is 5.98. The van der Waals surface area contributed by atoms with Crippen LogP contribution in [0.3, 0.4) is 0 Å². The molecule has 0 nitrogen and oxygen atoms in total. The number of rotatable bonds is 2. The summed E-state index contributed by atoms with van der Waals surface area (Å²) in [4.78, 5) is 0. The minimum Gasteiger partial charge on any atom is -0.0876 e. The van der Waals surface area contributed by atoms with E-state index in [2.05, 4.69) is 28.9 Å². The first-order valence-corrected chi connectivity index (χ1v) is 5.11. The summed E-state index contributed by atoms with van der Waals surface area (Å²) in [7, 11) is 0. The van der Waals surface area contributed by atoms with Gasteiger partial charge in [-0.2, -0.15) is 0 Å². The summed E-state index contributed by atoms with van der Waals surface area (Å²) in [6, 6.07) is 6.03. The highest BCUT2D eigenvalue weighted by Crippen LogP contribution is 2.22. The monoisotopic (exact) mass is 232 g/mol. The smallest absolute Gasteiger partial charge is 0.0449 e. The average molecular weight is 234 g/mol. The Morgan fingerprint density at radius 2 is 2.18 bits per heavy atom. The molecule has 60 valence electrons. The highest BCUT2D eigenvalue weighted by Gasteiger charge is 2.02. The van der Waals surface area contributed by atoms with Gasteiger partial charge in [0.2, 0.25) is 0 Å². The molecular formula is C9H10BrCl. The summed E-state index contributed by atoms with van der Waals surface area (Å²) >= 11 is 9.39. The molecule has 0 spiro atoms. The molecule has 0 unspecified atom stereocenters. The molecular weight excluding hydrogens is 223 g/mol. The quantitative estimate of drug-likeness (QED) is 0.682. The van der Waals surface area contributed by atoms with Gasteiger partial charge < -0.3 is 0 Å². The van der Waals surface area contributed by atoms with Gasteiger partial charge in [0, 0.05) is 10.4 Å². The van der Waals surface area contributed by atoms with Crippen LogP contribution in [0.5, 0.6) is 0 Å².